The zero-order valence-corrected chi connectivity index (χ0v) is 10.6. The van der Waals surface area contributed by atoms with Gasteiger partial charge < -0.3 is 10.2 Å². The summed E-state index contributed by atoms with van der Waals surface area (Å²) in [4.78, 5) is 14.2. The van der Waals surface area contributed by atoms with Gasteiger partial charge in [0, 0.05) is 11.9 Å². The third-order valence-electron chi connectivity index (χ3n) is 3.21. The molecule has 1 aromatic rings. The fourth-order valence-electron chi connectivity index (χ4n) is 2.18. The van der Waals surface area contributed by atoms with E-state index in [1.54, 1.807) is 11.3 Å². The van der Waals surface area contributed by atoms with E-state index in [2.05, 4.69) is 12.2 Å². The lowest BCUT2D eigenvalue weighted by Gasteiger charge is -2.22. The molecule has 1 fully saturated rings. The Kier molecular flexibility index (Phi) is 3.61. The number of thiophene rings is 1. The van der Waals surface area contributed by atoms with Crippen molar-refractivity contribution in [2.24, 2.45) is 5.92 Å². The molecule has 1 saturated heterocycles. The van der Waals surface area contributed by atoms with Gasteiger partial charge in [-0.2, -0.15) is 11.3 Å². The topological polar surface area (TPSA) is 32.3 Å². The second-order valence-electron chi connectivity index (χ2n) is 4.44. The van der Waals surface area contributed by atoms with E-state index in [9.17, 15) is 4.79 Å². The molecule has 0 aromatic carbocycles. The van der Waals surface area contributed by atoms with Crippen LogP contribution in [0.15, 0.2) is 16.8 Å². The van der Waals surface area contributed by atoms with Crippen LogP contribution in [0.5, 0.6) is 0 Å². The zero-order valence-electron chi connectivity index (χ0n) is 9.77. The first-order chi connectivity index (χ1) is 7.72. The summed E-state index contributed by atoms with van der Waals surface area (Å²) >= 11 is 1.64. The molecule has 0 bridgehead atoms. The van der Waals surface area contributed by atoms with E-state index in [1.807, 2.05) is 28.8 Å². The third-order valence-corrected chi connectivity index (χ3v) is 3.88. The molecule has 16 heavy (non-hydrogen) atoms. The van der Waals surface area contributed by atoms with Gasteiger partial charge >= 0.3 is 0 Å². The first-order valence-electron chi connectivity index (χ1n) is 5.73. The van der Waals surface area contributed by atoms with Crippen molar-refractivity contribution in [1.82, 2.24) is 5.32 Å². The maximum absolute atomic E-state index is 12.3. The lowest BCUT2D eigenvalue weighted by Crippen LogP contribution is -2.44. The van der Waals surface area contributed by atoms with Gasteiger partial charge in [-0.25, -0.2) is 0 Å². The van der Waals surface area contributed by atoms with Crippen LogP contribution < -0.4 is 10.2 Å². The highest BCUT2D eigenvalue weighted by molar-refractivity contribution is 7.08. The van der Waals surface area contributed by atoms with Gasteiger partial charge in [0.05, 0.1) is 11.7 Å². The molecular weight excluding hydrogens is 220 g/mol. The third kappa shape index (κ3) is 2.28. The van der Waals surface area contributed by atoms with E-state index >= 15 is 0 Å². The van der Waals surface area contributed by atoms with E-state index < -0.39 is 0 Å². The normalized spacial score (nSPS) is 26.9. The van der Waals surface area contributed by atoms with Crippen molar-refractivity contribution in [3.63, 3.8) is 0 Å². The summed E-state index contributed by atoms with van der Waals surface area (Å²) < 4.78 is 0. The molecule has 1 aromatic heterocycles. The second-order valence-corrected chi connectivity index (χ2v) is 5.22. The van der Waals surface area contributed by atoms with E-state index in [0.29, 0.717) is 5.92 Å². The van der Waals surface area contributed by atoms with E-state index in [4.69, 9.17) is 0 Å². The minimum absolute atomic E-state index is 0.0302. The van der Waals surface area contributed by atoms with Crippen molar-refractivity contribution in [1.29, 1.82) is 0 Å². The van der Waals surface area contributed by atoms with Crippen molar-refractivity contribution in [2.75, 3.05) is 18.5 Å². The predicted octanol–water partition coefficient (Wildman–Crippen LogP) is 2.10. The van der Waals surface area contributed by atoms with Crippen molar-refractivity contribution in [2.45, 2.75) is 25.8 Å². The lowest BCUT2D eigenvalue weighted by atomic mass is 10.0. The molecule has 88 valence electrons. The Morgan fingerprint density at radius 1 is 1.56 bits per heavy atom. The van der Waals surface area contributed by atoms with Crippen molar-refractivity contribution in [3.8, 4) is 0 Å². The molecular formula is C12H18N2OS. The summed E-state index contributed by atoms with van der Waals surface area (Å²) in [6, 6.07) is 1.99. The summed E-state index contributed by atoms with van der Waals surface area (Å²) in [6.45, 7) is 3.06. The number of hydrogen-bond acceptors (Lipinski definition) is 3. The van der Waals surface area contributed by atoms with Gasteiger partial charge in [0.1, 0.15) is 0 Å². The van der Waals surface area contributed by atoms with Crippen LogP contribution in [0.1, 0.15) is 19.8 Å². The zero-order chi connectivity index (χ0) is 11.5. The number of carbonyl (C=O) groups excluding carboxylic acids is 1. The largest absolute Gasteiger partial charge is 0.310 e. The molecule has 1 aliphatic rings. The van der Waals surface area contributed by atoms with Crippen LogP contribution in [-0.2, 0) is 4.79 Å². The molecule has 2 unspecified atom stereocenters. The van der Waals surface area contributed by atoms with Crippen molar-refractivity contribution in [3.05, 3.63) is 16.8 Å². The Morgan fingerprint density at radius 3 is 3.00 bits per heavy atom. The van der Waals surface area contributed by atoms with Crippen molar-refractivity contribution >= 4 is 22.9 Å². The average molecular weight is 238 g/mol. The Morgan fingerprint density at radius 2 is 2.38 bits per heavy atom. The van der Waals surface area contributed by atoms with Crippen LogP contribution in [-0.4, -0.2) is 25.5 Å². The first kappa shape index (κ1) is 11.6. The van der Waals surface area contributed by atoms with Gasteiger partial charge in [0.2, 0.25) is 5.91 Å². The molecule has 0 spiro atoms. The molecule has 1 N–H and O–H groups in total. The Bertz CT molecular complexity index is 350. The van der Waals surface area contributed by atoms with Crippen LogP contribution in [0.2, 0.25) is 0 Å². The molecule has 0 aliphatic carbocycles. The molecule has 2 atom stereocenters. The van der Waals surface area contributed by atoms with Gasteiger partial charge in [-0.1, -0.05) is 6.92 Å². The Hall–Kier alpha value is -0.870. The molecule has 2 rings (SSSR count). The molecule has 3 nitrogen and oxygen atoms in total. The minimum atomic E-state index is -0.0302. The van der Waals surface area contributed by atoms with Crippen LogP contribution in [0.3, 0.4) is 0 Å². The summed E-state index contributed by atoms with van der Waals surface area (Å²) in [5.41, 5.74) is 1.05. The number of likely N-dealkylation sites (N-methyl/N-ethyl adjacent to an activating group) is 1. The second kappa shape index (κ2) is 4.97. The van der Waals surface area contributed by atoms with E-state index in [-0.39, 0.29) is 11.9 Å². The molecule has 0 saturated carbocycles. The highest BCUT2D eigenvalue weighted by atomic mass is 32.1. The smallest absolute Gasteiger partial charge is 0.244 e. The van der Waals surface area contributed by atoms with Crippen LogP contribution in [0.25, 0.3) is 0 Å². The number of nitrogens with one attached hydrogen (secondary N) is 1. The quantitative estimate of drug-likeness (QED) is 0.855. The summed E-state index contributed by atoms with van der Waals surface area (Å²) in [5, 5.41) is 7.19. The molecule has 0 radical (unpaired) electrons. The lowest BCUT2D eigenvalue weighted by molar-refractivity contribution is -0.120. The number of hydrogen-bond donors (Lipinski definition) is 1. The first-order valence-corrected chi connectivity index (χ1v) is 6.67. The van der Waals surface area contributed by atoms with E-state index in [1.165, 1.54) is 0 Å². The standard InChI is InChI=1S/C12H18N2OS/c1-9-3-5-14(10-4-6-16-8-10)12(15)11(7-9)13-2/h4,6,8-9,11,13H,3,5,7H2,1-2H3. The van der Waals surface area contributed by atoms with Gasteiger partial charge in [0.15, 0.2) is 0 Å². The highest BCUT2D eigenvalue weighted by Gasteiger charge is 2.29. The molecule has 4 heteroatoms. The fraction of sp³-hybridized carbons (Fsp3) is 0.583. The monoisotopic (exact) mass is 238 g/mol. The average Bonchev–Trinajstić information content (AvgIpc) is 2.75. The van der Waals surface area contributed by atoms with Crippen molar-refractivity contribution < 1.29 is 4.79 Å². The maximum Gasteiger partial charge on any atom is 0.244 e. The molecule has 1 amide bonds. The predicted molar refractivity (Wildman–Crippen MR) is 67.9 cm³/mol. The van der Waals surface area contributed by atoms with E-state index in [0.717, 1.165) is 25.1 Å². The fourth-order valence-corrected chi connectivity index (χ4v) is 2.82. The number of rotatable bonds is 2. The number of anilines is 1. The Balaban J connectivity index is 2.21. The summed E-state index contributed by atoms with van der Waals surface area (Å²) in [7, 11) is 1.87. The summed E-state index contributed by atoms with van der Waals surface area (Å²) in [5.74, 6) is 0.815. The SMILES string of the molecule is CNC1CC(C)CCN(c2ccsc2)C1=O. The number of amides is 1. The van der Waals surface area contributed by atoms with Gasteiger partial charge in [0.25, 0.3) is 0 Å². The molecule has 1 aliphatic heterocycles. The van der Waals surface area contributed by atoms with Crippen LogP contribution in [0.4, 0.5) is 5.69 Å². The Labute approximate surface area is 100 Å². The number of nitrogens with zero attached hydrogens (tertiary/aromatic N) is 1. The highest BCUT2D eigenvalue weighted by Crippen LogP contribution is 2.25. The summed E-state index contributed by atoms with van der Waals surface area (Å²) in [6.07, 6.45) is 2.02. The van der Waals surface area contributed by atoms with Gasteiger partial charge in [-0.3, -0.25) is 4.79 Å². The van der Waals surface area contributed by atoms with Gasteiger partial charge in [-0.05, 0) is 37.3 Å². The number of carbonyl (C=O) groups is 1. The van der Waals surface area contributed by atoms with Crippen LogP contribution >= 0.6 is 11.3 Å². The van der Waals surface area contributed by atoms with Gasteiger partial charge in [-0.15, -0.1) is 0 Å². The minimum Gasteiger partial charge on any atom is -0.310 e. The maximum atomic E-state index is 12.3. The molecule has 2 heterocycles. The van der Waals surface area contributed by atoms with Crippen LogP contribution in [0, 0.1) is 5.92 Å².